The number of benzene rings is 1. The molecule has 1 aromatic rings. The second kappa shape index (κ2) is 6.02. The number of halogens is 1. The van der Waals surface area contributed by atoms with Crippen molar-refractivity contribution in [1.82, 2.24) is 0 Å². The number of carboxylic acids is 1. The van der Waals surface area contributed by atoms with Gasteiger partial charge in [-0.25, -0.2) is 9.59 Å². The number of hydrogen-bond donors (Lipinski definition) is 3. The van der Waals surface area contributed by atoms with Crippen molar-refractivity contribution >= 4 is 29.4 Å². The van der Waals surface area contributed by atoms with Gasteiger partial charge in [0, 0.05) is 5.41 Å². The van der Waals surface area contributed by atoms with E-state index in [0.29, 0.717) is 24.1 Å². The predicted molar refractivity (Wildman–Crippen MR) is 85.9 cm³/mol. The zero-order valence-corrected chi connectivity index (χ0v) is 14.0. The highest BCUT2D eigenvalue weighted by atomic mass is 35.5. The summed E-state index contributed by atoms with van der Waals surface area (Å²) >= 11 is 6.16. The van der Waals surface area contributed by atoms with Gasteiger partial charge in [0.25, 0.3) is 0 Å². The Morgan fingerprint density at radius 2 is 1.96 bits per heavy atom. The SMILES string of the molecule is CC(C)(C)OC(=O)Nc1ccc(C2(C(O)C(=O)O)CC2)cc1Cl. The number of rotatable bonds is 4. The third-order valence-electron chi connectivity index (χ3n) is 3.73. The van der Waals surface area contributed by atoms with E-state index >= 15 is 0 Å². The van der Waals surface area contributed by atoms with E-state index in [1.807, 2.05) is 0 Å². The molecule has 1 fully saturated rings. The summed E-state index contributed by atoms with van der Waals surface area (Å²) in [6, 6.07) is 4.82. The first-order valence-corrected chi connectivity index (χ1v) is 7.64. The topological polar surface area (TPSA) is 95.9 Å². The van der Waals surface area contributed by atoms with Crippen LogP contribution >= 0.6 is 11.6 Å². The zero-order valence-electron chi connectivity index (χ0n) is 13.2. The summed E-state index contributed by atoms with van der Waals surface area (Å²) in [7, 11) is 0. The molecular weight excluding hydrogens is 322 g/mol. The minimum absolute atomic E-state index is 0.261. The maximum atomic E-state index is 11.8. The van der Waals surface area contributed by atoms with Gasteiger partial charge in [0.15, 0.2) is 6.10 Å². The summed E-state index contributed by atoms with van der Waals surface area (Å²) in [4.78, 5) is 22.8. The van der Waals surface area contributed by atoms with Crippen LogP contribution in [0.2, 0.25) is 5.02 Å². The Kier molecular flexibility index (Phi) is 4.59. The molecule has 0 aliphatic heterocycles. The fourth-order valence-corrected chi connectivity index (χ4v) is 2.66. The molecule has 1 saturated carbocycles. The minimum atomic E-state index is -1.47. The van der Waals surface area contributed by atoms with E-state index in [-0.39, 0.29) is 5.02 Å². The quantitative estimate of drug-likeness (QED) is 0.781. The maximum absolute atomic E-state index is 11.8. The molecule has 0 radical (unpaired) electrons. The highest BCUT2D eigenvalue weighted by Crippen LogP contribution is 2.52. The lowest BCUT2D eigenvalue weighted by atomic mass is 9.90. The zero-order chi connectivity index (χ0) is 17.4. The summed E-state index contributed by atoms with van der Waals surface area (Å²) in [6.45, 7) is 5.25. The number of aliphatic hydroxyl groups excluding tert-OH is 1. The number of aliphatic carboxylic acids is 1. The monoisotopic (exact) mass is 341 g/mol. The number of nitrogens with one attached hydrogen (secondary N) is 1. The van der Waals surface area contributed by atoms with E-state index in [1.54, 1.807) is 39.0 Å². The van der Waals surface area contributed by atoms with Crippen LogP contribution in [-0.2, 0) is 14.9 Å². The lowest BCUT2D eigenvalue weighted by Gasteiger charge is -2.21. The van der Waals surface area contributed by atoms with Gasteiger partial charge in [0.1, 0.15) is 5.60 Å². The molecule has 23 heavy (non-hydrogen) atoms. The molecule has 1 aliphatic carbocycles. The predicted octanol–water partition coefficient (Wildman–Crippen LogP) is 3.16. The number of ether oxygens (including phenoxy) is 1. The number of carboxylic acid groups (broad SMARTS) is 1. The first-order valence-electron chi connectivity index (χ1n) is 7.26. The molecule has 0 bridgehead atoms. The third kappa shape index (κ3) is 3.95. The molecule has 0 spiro atoms. The van der Waals surface area contributed by atoms with Crippen molar-refractivity contribution in [2.75, 3.05) is 5.32 Å². The second-order valence-corrected chi connectivity index (χ2v) is 7.13. The molecule has 1 atom stereocenters. The van der Waals surface area contributed by atoms with Gasteiger partial charge in [0.2, 0.25) is 0 Å². The number of anilines is 1. The Balaban J connectivity index is 2.16. The van der Waals surface area contributed by atoms with E-state index in [4.69, 9.17) is 21.4 Å². The molecule has 1 amide bonds. The molecule has 2 rings (SSSR count). The summed E-state index contributed by atoms with van der Waals surface area (Å²) < 4.78 is 5.15. The fourth-order valence-electron chi connectivity index (χ4n) is 2.43. The molecule has 1 aromatic carbocycles. The van der Waals surface area contributed by atoms with E-state index in [0.717, 1.165) is 0 Å². The molecule has 126 valence electrons. The second-order valence-electron chi connectivity index (χ2n) is 6.72. The number of carbonyl (C=O) groups excluding carboxylic acids is 1. The summed E-state index contributed by atoms with van der Waals surface area (Å²) in [5.74, 6) is -1.26. The minimum Gasteiger partial charge on any atom is -0.479 e. The Morgan fingerprint density at radius 3 is 2.39 bits per heavy atom. The van der Waals surface area contributed by atoms with Gasteiger partial charge in [-0.05, 0) is 51.3 Å². The average molecular weight is 342 g/mol. The molecule has 1 aliphatic rings. The van der Waals surface area contributed by atoms with Crippen molar-refractivity contribution in [2.24, 2.45) is 0 Å². The van der Waals surface area contributed by atoms with Crippen molar-refractivity contribution in [1.29, 1.82) is 0 Å². The first kappa shape index (κ1) is 17.6. The van der Waals surface area contributed by atoms with Crippen molar-refractivity contribution in [3.05, 3.63) is 28.8 Å². The van der Waals surface area contributed by atoms with Crippen LogP contribution in [0.1, 0.15) is 39.2 Å². The highest BCUT2D eigenvalue weighted by molar-refractivity contribution is 6.33. The number of aliphatic hydroxyl groups is 1. The van der Waals surface area contributed by atoms with Gasteiger partial charge in [0.05, 0.1) is 10.7 Å². The molecule has 7 heteroatoms. The van der Waals surface area contributed by atoms with Crippen molar-refractivity contribution in [2.45, 2.75) is 50.7 Å². The molecule has 0 aromatic heterocycles. The standard InChI is InChI=1S/C16H20ClNO5/c1-15(2,3)23-14(22)18-11-5-4-9(8-10(11)17)16(6-7-16)12(19)13(20)21/h4-5,8,12,19H,6-7H2,1-3H3,(H,18,22)(H,20,21). The number of amides is 1. The van der Waals surface area contributed by atoms with E-state index < -0.39 is 29.2 Å². The Hall–Kier alpha value is -1.79. The summed E-state index contributed by atoms with van der Waals surface area (Å²) in [6.07, 6.45) is -0.937. The van der Waals surface area contributed by atoms with E-state index in [1.165, 1.54) is 0 Å². The molecule has 6 nitrogen and oxygen atoms in total. The van der Waals surface area contributed by atoms with Gasteiger partial charge in [-0.2, -0.15) is 0 Å². The number of carbonyl (C=O) groups is 2. The summed E-state index contributed by atoms with van der Waals surface area (Å²) in [5, 5.41) is 21.7. The van der Waals surface area contributed by atoms with Crippen LogP contribution in [0.3, 0.4) is 0 Å². The van der Waals surface area contributed by atoms with Crippen LogP contribution in [0.4, 0.5) is 10.5 Å². The fraction of sp³-hybridized carbons (Fsp3) is 0.500. The van der Waals surface area contributed by atoms with Crippen molar-refractivity contribution in [3.8, 4) is 0 Å². The highest BCUT2D eigenvalue weighted by Gasteiger charge is 2.53. The first-order chi connectivity index (χ1) is 10.5. The van der Waals surface area contributed by atoms with Crippen molar-refractivity contribution in [3.63, 3.8) is 0 Å². The molecule has 0 heterocycles. The molecular formula is C16H20ClNO5. The largest absolute Gasteiger partial charge is 0.479 e. The lowest BCUT2D eigenvalue weighted by molar-refractivity contribution is -0.148. The van der Waals surface area contributed by atoms with Crippen LogP contribution < -0.4 is 5.32 Å². The van der Waals surface area contributed by atoms with E-state index in [2.05, 4.69) is 5.32 Å². The van der Waals surface area contributed by atoms with Crippen LogP contribution in [0.15, 0.2) is 18.2 Å². The third-order valence-corrected chi connectivity index (χ3v) is 4.04. The maximum Gasteiger partial charge on any atom is 0.412 e. The van der Waals surface area contributed by atoms with Gasteiger partial charge < -0.3 is 14.9 Å². The van der Waals surface area contributed by atoms with Crippen LogP contribution in [0.5, 0.6) is 0 Å². The molecule has 0 saturated heterocycles. The smallest absolute Gasteiger partial charge is 0.412 e. The summed E-state index contributed by atoms with van der Waals surface area (Å²) in [5.41, 5.74) is -0.405. The van der Waals surface area contributed by atoms with Gasteiger partial charge in [-0.3, -0.25) is 5.32 Å². The molecule has 3 N–H and O–H groups in total. The van der Waals surface area contributed by atoms with Crippen LogP contribution in [-0.4, -0.2) is 34.0 Å². The lowest BCUT2D eigenvalue weighted by Crippen LogP contribution is -2.33. The Bertz CT molecular complexity index is 634. The average Bonchev–Trinajstić information content (AvgIpc) is 3.19. The molecule has 1 unspecified atom stereocenters. The van der Waals surface area contributed by atoms with E-state index in [9.17, 15) is 14.7 Å². The van der Waals surface area contributed by atoms with Crippen LogP contribution in [0, 0.1) is 0 Å². The van der Waals surface area contributed by atoms with Gasteiger partial charge in [-0.15, -0.1) is 0 Å². The Labute approximate surface area is 139 Å². The van der Waals surface area contributed by atoms with Gasteiger partial charge in [-0.1, -0.05) is 17.7 Å². The van der Waals surface area contributed by atoms with Gasteiger partial charge >= 0.3 is 12.1 Å². The normalized spacial score (nSPS) is 17.3. The number of hydrogen-bond acceptors (Lipinski definition) is 4. The Morgan fingerprint density at radius 1 is 1.35 bits per heavy atom. The van der Waals surface area contributed by atoms with Crippen LogP contribution in [0.25, 0.3) is 0 Å². The van der Waals surface area contributed by atoms with Crippen molar-refractivity contribution < 1.29 is 24.5 Å².